The molecule has 0 aromatic heterocycles. The quantitative estimate of drug-likeness (QED) is 0.0263. The molecule has 0 unspecified atom stereocenters. The maximum Gasteiger partial charge on any atom is 0.0110 e. The summed E-state index contributed by atoms with van der Waals surface area (Å²) in [6.45, 7) is 35.2. The molecule has 21 heteroatoms. The predicted molar refractivity (Wildman–Crippen MR) is 313 cm³/mol. The minimum absolute atomic E-state index is 0.719. The van der Waals surface area contributed by atoms with E-state index in [0.717, 1.165) is 183 Å². The van der Waals surface area contributed by atoms with E-state index in [-0.39, 0.29) is 0 Å². The van der Waals surface area contributed by atoms with Gasteiger partial charge in [-0.25, -0.2) is 0 Å². The molecule has 0 atom stereocenters. The molecule has 0 amide bonds. The number of piperazine rings is 2. The van der Waals surface area contributed by atoms with Gasteiger partial charge in [0.25, 0.3) is 0 Å². The predicted octanol–water partition coefficient (Wildman–Crippen LogP) is -3.73. The lowest BCUT2D eigenvalue weighted by atomic mass is 10.2. The number of nitrogens with zero attached hydrogens (tertiary/aromatic N) is 8. The zero-order valence-electron chi connectivity index (χ0n) is 48.2. The molecule has 2 heterocycles. The molecular weight excluding hydrogens is 895 g/mol. The third-order valence-corrected chi connectivity index (χ3v) is 12.0. The first-order valence-corrected chi connectivity index (χ1v) is 28.1. The van der Waals surface area contributed by atoms with Crippen LogP contribution in [0.25, 0.3) is 0 Å². The molecule has 71 heavy (non-hydrogen) atoms. The maximum atomic E-state index is 5.54. The Morgan fingerprint density at radius 3 is 1.00 bits per heavy atom. The Bertz CT molecular complexity index is 866. The minimum atomic E-state index is 0.719. The van der Waals surface area contributed by atoms with E-state index in [1.54, 1.807) is 0 Å². The highest BCUT2D eigenvalue weighted by atomic mass is 15.3. The molecule has 21 nitrogen and oxygen atoms in total. The minimum Gasteiger partial charge on any atom is -0.330 e. The molecule has 0 aromatic rings. The smallest absolute Gasteiger partial charge is 0.0110 e. The summed E-state index contributed by atoms with van der Waals surface area (Å²) in [7, 11) is 14.3. The van der Waals surface area contributed by atoms with Gasteiger partial charge in [0, 0.05) is 131 Å². The largest absolute Gasteiger partial charge is 0.330 e. The monoisotopic (exact) mass is 1020 g/mol. The van der Waals surface area contributed by atoms with Crippen LogP contribution in [0.4, 0.5) is 0 Å². The molecule has 2 aliphatic heterocycles. The van der Waals surface area contributed by atoms with Crippen molar-refractivity contribution in [2.75, 3.05) is 272 Å². The fourth-order valence-corrected chi connectivity index (χ4v) is 7.35. The lowest BCUT2D eigenvalue weighted by molar-refractivity contribution is 0.131. The highest BCUT2D eigenvalue weighted by Gasteiger charge is 2.16. The van der Waals surface area contributed by atoms with E-state index in [1.807, 2.05) is 28.2 Å². The van der Waals surface area contributed by atoms with Crippen molar-refractivity contribution in [1.82, 2.24) is 60.5 Å². The van der Waals surface area contributed by atoms with Gasteiger partial charge in [-0.1, -0.05) is 6.42 Å². The molecule has 2 aliphatic rings. The van der Waals surface area contributed by atoms with Crippen molar-refractivity contribution in [2.24, 2.45) is 51.6 Å². The molecule has 0 saturated carbocycles. The second-order valence-electron chi connectivity index (χ2n) is 19.0. The average Bonchev–Trinajstić information content (AvgIpc) is 3.38. The Hall–Kier alpha value is -0.840. The Morgan fingerprint density at radius 1 is 0.310 bits per heavy atom. The van der Waals surface area contributed by atoms with Crippen LogP contribution in [0.3, 0.4) is 0 Å². The van der Waals surface area contributed by atoms with Crippen LogP contribution in [0.15, 0.2) is 0 Å². The zero-order valence-corrected chi connectivity index (χ0v) is 48.2. The number of rotatable bonds is 39. The van der Waals surface area contributed by atoms with Gasteiger partial charge in [-0.15, -0.1) is 0 Å². The van der Waals surface area contributed by atoms with Crippen molar-refractivity contribution in [1.29, 1.82) is 0 Å². The van der Waals surface area contributed by atoms with Crippen molar-refractivity contribution in [2.45, 2.75) is 57.8 Å². The molecular formula is C50H129N21. The molecule has 0 radical (unpaired) electrons. The van der Waals surface area contributed by atoms with Crippen molar-refractivity contribution >= 4 is 0 Å². The van der Waals surface area contributed by atoms with Gasteiger partial charge in [0.2, 0.25) is 0 Å². The number of nitrogens with two attached hydrogens (primary N) is 9. The second-order valence-corrected chi connectivity index (χ2v) is 19.0. The van der Waals surface area contributed by atoms with E-state index < -0.39 is 0 Å². The van der Waals surface area contributed by atoms with Crippen LogP contribution in [0.2, 0.25) is 0 Å². The van der Waals surface area contributed by atoms with E-state index in [1.165, 1.54) is 97.7 Å². The van der Waals surface area contributed by atoms with Gasteiger partial charge in [-0.05, 0) is 192 Å². The summed E-state index contributed by atoms with van der Waals surface area (Å²) in [6, 6.07) is 0. The van der Waals surface area contributed by atoms with E-state index in [2.05, 4.69) is 81.6 Å². The summed E-state index contributed by atoms with van der Waals surface area (Å²) in [4.78, 5) is 19.0. The summed E-state index contributed by atoms with van der Waals surface area (Å²) in [5, 5.41) is 12.8. The van der Waals surface area contributed by atoms with Gasteiger partial charge >= 0.3 is 0 Å². The molecule has 2 fully saturated rings. The SMILES string of the molecule is CN(C)CCCNCCCN.CN(CCCN)CCCN.CN(CCN)CCN.CNCCN(CCNC)CCNC.NCCCCCN1CCN(CCN)CC1.NCCCN1CCN(CCCN)CC1. The van der Waals surface area contributed by atoms with Crippen molar-refractivity contribution < 1.29 is 0 Å². The summed E-state index contributed by atoms with van der Waals surface area (Å²) < 4.78 is 0. The van der Waals surface area contributed by atoms with E-state index in [4.69, 9.17) is 51.6 Å². The highest BCUT2D eigenvalue weighted by molar-refractivity contribution is 4.73. The van der Waals surface area contributed by atoms with Gasteiger partial charge < -0.3 is 102 Å². The van der Waals surface area contributed by atoms with Crippen LogP contribution in [-0.2, 0) is 0 Å². The van der Waals surface area contributed by atoms with Gasteiger partial charge in [-0.3, -0.25) is 9.80 Å². The first-order valence-electron chi connectivity index (χ1n) is 28.1. The fraction of sp³-hybridized carbons (Fsp3) is 1.00. The van der Waals surface area contributed by atoms with E-state index in [9.17, 15) is 0 Å². The van der Waals surface area contributed by atoms with Crippen LogP contribution < -0.4 is 72.9 Å². The third kappa shape index (κ3) is 63.4. The topological polar surface area (TPSA) is 308 Å². The molecule has 2 rings (SSSR count). The lowest BCUT2D eigenvalue weighted by Crippen LogP contribution is -2.47. The second kappa shape index (κ2) is 65.3. The van der Waals surface area contributed by atoms with Gasteiger partial charge in [0.1, 0.15) is 0 Å². The summed E-state index contributed by atoms with van der Waals surface area (Å²) in [5.41, 5.74) is 48.6. The summed E-state index contributed by atoms with van der Waals surface area (Å²) in [6.07, 6.45) is 10.5. The van der Waals surface area contributed by atoms with Crippen molar-refractivity contribution in [3.63, 3.8) is 0 Å². The van der Waals surface area contributed by atoms with Crippen LogP contribution in [-0.4, -0.2) is 311 Å². The molecule has 2 saturated heterocycles. The molecule has 0 bridgehead atoms. The highest BCUT2D eigenvalue weighted by Crippen LogP contribution is 2.04. The third-order valence-electron chi connectivity index (χ3n) is 12.0. The number of hydrogen-bond acceptors (Lipinski definition) is 21. The van der Waals surface area contributed by atoms with Crippen LogP contribution in [0.5, 0.6) is 0 Å². The Kier molecular flexibility index (Phi) is 70.5. The fourth-order valence-electron chi connectivity index (χ4n) is 7.35. The summed E-state index contributed by atoms with van der Waals surface area (Å²) in [5.74, 6) is 0. The Morgan fingerprint density at radius 2 is 0.662 bits per heavy atom. The van der Waals surface area contributed by atoms with Crippen molar-refractivity contribution in [3.8, 4) is 0 Å². The molecule has 0 aliphatic carbocycles. The van der Waals surface area contributed by atoms with Crippen LogP contribution in [0.1, 0.15) is 57.8 Å². The Balaban J connectivity index is -0.000000384. The average molecular weight is 1020 g/mol. The van der Waals surface area contributed by atoms with Gasteiger partial charge in [0.05, 0.1) is 0 Å². The van der Waals surface area contributed by atoms with Crippen LogP contribution in [0, 0.1) is 0 Å². The first-order chi connectivity index (χ1) is 34.5. The van der Waals surface area contributed by atoms with E-state index >= 15 is 0 Å². The first kappa shape index (κ1) is 76.7. The number of unbranched alkanes of at least 4 members (excludes halogenated alkanes) is 2. The normalized spacial score (nSPS) is 14.5. The Labute approximate surface area is 440 Å². The standard InChI is InChI=1S/C11H26N4.C10H24N4.C9H24N4.C8H21N3.C7H19N3.C5H15N3/c12-4-2-1-3-6-14-8-10-15(7-5-13)11-9-14;11-3-1-5-13-7-9-14(10-8-13)6-2-4-12;1-10-4-7-13(8-5-11-2)9-6-12-3;1-11(2)8-4-7-10-6-3-5-9;1-10(6-2-4-8)7-3-5-9;1-8(4-2-6)5-3-7/h1-13H2;1-12H2;10-12H,4-9H2,1-3H3;10H,3-9H2,1-2H3;2-9H2,1H3;2-7H2,1H3. The summed E-state index contributed by atoms with van der Waals surface area (Å²) >= 11 is 0. The molecule has 0 aromatic carbocycles. The van der Waals surface area contributed by atoms with Gasteiger partial charge in [-0.2, -0.15) is 0 Å². The van der Waals surface area contributed by atoms with E-state index in [0.29, 0.717) is 0 Å². The zero-order chi connectivity index (χ0) is 53.9. The number of likely N-dealkylation sites (N-methyl/N-ethyl adjacent to an activating group) is 4. The maximum absolute atomic E-state index is 5.54. The molecule has 434 valence electrons. The molecule has 0 spiro atoms. The van der Waals surface area contributed by atoms with Gasteiger partial charge in [0.15, 0.2) is 0 Å². The van der Waals surface area contributed by atoms with Crippen molar-refractivity contribution in [3.05, 3.63) is 0 Å². The van der Waals surface area contributed by atoms with Crippen LogP contribution >= 0.6 is 0 Å². The number of hydrogen-bond donors (Lipinski definition) is 13. The molecule has 22 N–H and O–H groups in total. The lowest BCUT2D eigenvalue weighted by Gasteiger charge is -2.34. The number of nitrogens with one attached hydrogen (secondary N) is 4.